The lowest BCUT2D eigenvalue weighted by atomic mass is 9.78. The third-order valence-corrected chi connectivity index (χ3v) is 5.64. The molecule has 0 atom stereocenters. The Morgan fingerprint density at radius 1 is 1.28 bits per heavy atom. The first-order valence-corrected chi connectivity index (χ1v) is 10.4. The van der Waals surface area contributed by atoms with E-state index in [1.165, 1.54) is 0 Å². The van der Waals surface area contributed by atoms with E-state index >= 15 is 0 Å². The third kappa shape index (κ3) is 4.74. The topological polar surface area (TPSA) is 99.0 Å². The number of carbonyl (C=O) groups is 1. The second-order valence-corrected chi connectivity index (χ2v) is 8.51. The van der Waals surface area contributed by atoms with Crippen LogP contribution in [0.15, 0.2) is 39.9 Å². The van der Waals surface area contributed by atoms with Crippen LogP contribution in [0.1, 0.15) is 19.8 Å². The molecule has 32 heavy (non-hydrogen) atoms. The molecule has 0 saturated heterocycles. The van der Waals surface area contributed by atoms with E-state index in [1.807, 2.05) is 0 Å². The van der Waals surface area contributed by atoms with Crippen molar-refractivity contribution in [2.75, 3.05) is 5.32 Å². The van der Waals surface area contributed by atoms with Crippen molar-refractivity contribution >= 4 is 38.6 Å². The van der Waals surface area contributed by atoms with Gasteiger partial charge in [-0.3, -0.25) is 14.9 Å². The lowest BCUT2D eigenvalue weighted by Gasteiger charge is -2.38. The van der Waals surface area contributed by atoms with Crippen LogP contribution in [0.5, 0.6) is 5.88 Å². The molecule has 2 aromatic heterocycles. The maximum atomic E-state index is 13.4. The maximum absolute atomic E-state index is 13.4. The molecule has 168 valence electrons. The van der Waals surface area contributed by atoms with Gasteiger partial charge in [0.2, 0.25) is 23.7 Å². The summed E-state index contributed by atoms with van der Waals surface area (Å²) in [7, 11) is 0. The molecule has 0 unspecified atom stereocenters. The average molecular weight is 512 g/mol. The molecule has 0 aliphatic heterocycles. The first kappa shape index (κ1) is 22.2. The Kier molecular flexibility index (Phi) is 5.89. The minimum atomic E-state index is -2.79. The van der Waals surface area contributed by atoms with Crippen molar-refractivity contribution < 1.29 is 22.7 Å². The Morgan fingerprint density at radius 2 is 1.97 bits per heavy atom. The van der Waals surface area contributed by atoms with Gasteiger partial charge in [0.05, 0.1) is 23.2 Å². The van der Waals surface area contributed by atoms with Crippen LogP contribution in [0.2, 0.25) is 0 Å². The monoisotopic (exact) mass is 511 g/mol. The van der Waals surface area contributed by atoms with Crippen molar-refractivity contribution in [1.82, 2.24) is 19.7 Å². The van der Waals surface area contributed by atoms with Gasteiger partial charge < -0.3 is 4.74 Å². The Hall–Kier alpha value is -3.02. The molecule has 2 heterocycles. The van der Waals surface area contributed by atoms with Crippen molar-refractivity contribution in [3.05, 3.63) is 51.2 Å². The van der Waals surface area contributed by atoms with Crippen molar-refractivity contribution in [2.45, 2.75) is 38.3 Å². The molecule has 0 spiro atoms. The van der Waals surface area contributed by atoms with Gasteiger partial charge >= 0.3 is 0 Å². The Bertz CT molecular complexity index is 1220. The normalized spacial score (nSPS) is 18.3. The number of amides is 1. The van der Waals surface area contributed by atoms with E-state index in [0.717, 1.165) is 24.0 Å². The van der Waals surface area contributed by atoms with Crippen LogP contribution < -0.4 is 15.6 Å². The van der Waals surface area contributed by atoms with Gasteiger partial charge in [-0.15, -0.1) is 5.10 Å². The van der Waals surface area contributed by atoms with Crippen LogP contribution in [0.25, 0.3) is 10.8 Å². The van der Waals surface area contributed by atoms with Crippen molar-refractivity contribution in [1.29, 1.82) is 0 Å². The molecule has 0 bridgehead atoms. The van der Waals surface area contributed by atoms with Gasteiger partial charge in [-0.1, -0.05) is 15.9 Å². The smallest absolute Gasteiger partial charge is 0.275 e. The fourth-order valence-electron chi connectivity index (χ4n) is 3.33. The number of rotatable bonds is 6. The summed E-state index contributed by atoms with van der Waals surface area (Å²) in [6, 6.07) is 4.85. The Labute approximate surface area is 187 Å². The lowest BCUT2D eigenvalue weighted by Crippen LogP contribution is -2.43. The number of carbonyl (C=O) groups excluding carboxylic acids is 1. The van der Waals surface area contributed by atoms with Crippen LogP contribution in [-0.2, 0) is 11.3 Å². The molecule has 1 fully saturated rings. The molecule has 1 amide bonds. The predicted octanol–water partition coefficient (Wildman–Crippen LogP) is 3.54. The molecule has 0 radical (unpaired) electrons. The van der Waals surface area contributed by atoms with Crippen LogP contribution >= 0.6 is 15.9 Å². The highest BCUT2D eigenvalue weighted by Crippen LogP contribution is 2.42. The van der Waals surface area contributed by atoms with Gasteiger partial charge in [0.25, 0.3) is 5.56 Å². The van der Waals surface area contributed by atoms with E-state index in [-0.39, 0.29) is 30.1 Å². The number of halogens is 4. The van der Waals surface area contributed by atoms with E-state index in [0.29, 0.717) is 9.86 Å². The SMILES string of the molecule is CC(F)(F)C1CC(Oc2nn(CC(=O)Nc3ncc(F)cn3)c(=O)c3ccc(Br)cc23)C1. The van der Waals surface area contributed by atoms with Gasteiger partial charge in [-0.25, -0.2) is 27.8 Å². The zero-order chi connectivity index (χ0) is 23.0. The minimum Gasteiger partial charge on any atom is -0.473 e. The highest BCUT2D eigenvalue weighted by Gasteiger charge is 2.45. The molecule has 1 saturated carbocycles. The Morgan fingerprint density at radius 3 is 2.62 bits per heavy atom. The van der Waals surface area contributed by atoms with E-state index in [4.69, 9.17) is 4.74 Å². The predicted molar refractivity (Wildman–Crippen MR) is 112 cm³/mol. The number of alkyl halides is 2. The summed E-state index contributed by atoms with van der Waals surface area (Å²) in [6.45, 7) is 0.393. The van der Waals surface area contributed by atoms with E-state index in [9.17, 15) is 22.8 Å². The number of hydrogen-bond donors (Lipinski definition) is 1. The van der Waals surface area contributed by atoms with Crippen LogP contribution in [0, 0.1) is 11.7 Å². The maximum Gasteiger partial charge on any atom is 0.275 e. The number of aromatic nitrogens is 4. The minimum absolute atomic E-state index is 0.0644. The third-order valence-electron chi connectivity index (χ3n) is 5.14. The summed E-state index contributed by atoms with van der Waals surface area (Å²) < 4.78 is 47.2. The first-order valence-electron chi connectivity index (χ1n) is 9.62. The number of benzene rings is 1. The largest absolute Gasteiger partial charge is 0.473 e. The number of hydrogen-bond acceptors (Lipinski definition) is 6. The number of nitrogens with zero attached hydrogens (tertiary/aromatic N) is 4. The molecule has 1 aliphatic carbocycles. The highest BCUT2D eigenvalue weighted by molar-refractivity contribution is 9.10. The molecule has 12 heteroatoms. The standard InChI is InChI=1S/C20H17BrF3N5O3/c1-20(23,24)10-4-13(5-10)32-17-15-6-11(21)2-3-14(15)18(31)29(28-17)9-16(30)27-19-25-7-12(22)8-26-19/h2-3,6-8,10,13H,4-5,9H2,1H3,(H,25,26,27,30). The fraction of sp³-hybridized carbons (Fsp3) is 0.350. The number of anilines is 1. The van der Waals surface area contributed by atoms with Gasteiger partial charge in [-0.05, 0) is 38.0 Å². The number of nitrogens with one attached hydrogen (secondary N) is 1. The highest BCUT2D eigenvalue weighted by atomic mass is 79.9. The van der Waals surface area contributed by atoms with Gasteiger partial charge in [0.1, 0.15) is 12.6 Å². The first-order chi connectivity index (χ1) is 15.1. The Balaban J connectivity index is 1.59. The van der Waals surface area contributed by atoms with E-state index < -0.39 is 41.8 Å². The molecule has 8 nitrogen and oxygen atoms in total. The summed E-state index contributed by atoms with van der Waals surface area (Å²) >= 11 is 3.33. The van der Waals surface area contributed by atoms with Crippen LogP contribution in [0.4, 0.5) is 19.1 Å². The van der Waals surface area contributed by atoms with Gasteiger partial charge in [-0.2, -0.15) is 0 Å². The molecular weight excluding hydrogens is 495 g/mol. The second-order valence-electron chi connectivity index (χ2n) is 7.60. The number of ether oxygens (including phenoxy) is 1. The van der Waals surface area contributed by atoms with Crippen molar-refractivity contribution in [3.63, 3.8) is 0 Å². The van der Waals surface area contributed by atoms with Gasteiger partial charge in [0.15, 0.2) is 5.82 Å². The van der Waals surface area contributed by atoms with Crippen LogP contribution in [0.3, 0.4) is 0 Å². The zero-order valence-corrected chi connectivity index (χ0v) is 18.3. The quantitative estimate of drug-likeness (QED) is 0.543. The fourth-order valence-corrected chi connectivity index (χ4v) is 3.69. The summed E-state index contributed by atoms with van der Waals surface area (Å²) in [6.07, 6.45) is 1.61. The summed E-state index contributed by atoms with van der Waals surface area (Å²) in [5.41, 5.74) is -0.540. The number of fused-ring (bicyclic) bond motifs is 1. The summed E-state index contributed by atoms with van der Waals surface area (Å²) in [5.74, 6) is -4.97. The molecule has 1 aromatic carbocycles. The summed E-state index contributed by atoms with van der Waals surface area (Å²) in [5, 5.41) is 7.15. The van der Waals surface area contributed by atoms with Gasteiger partial charge in [0, 0.05) is 10.4 Å². The van der Waals surface area contributed by atoms with Crippen LogP contribution in [-0.4, -0.2) is 37.7 Å². The van der Waals surface area contributed by atoms with Crippen molar-refractivity contribution in [3.8, 4) is 5.88 Å². The van der Waals surface area contributed by atoms with Crippen molar-refractivity contribution in [2.24, 2.45) is 5.92 Å². The molecule has 4 rings (SSSR count). The lowest BCUT2D eigenvalue weighted by molar-refractivity contribution is -0.117. The zero-order valence-electron chi connectivity index (χ0n) is 16.7. The molecule has 3 aromatic rings. The molecule has 1 N–H and O–H groups in total. The van der Waals surface area contributed by atoms with E-state index in [1.54, 1.807) is 18.2 Å². The second kappa shape index (κ2) is 8.49. The summed E-state index contributed by atoms with van der Waals surface area (Å²) in [4.78, 5) is 32.4. The van der Waals surface area contributed by atoms with E-state index in [2.05, 4.69) is 36.3 Å². The molecular formula is C20H17BrF3N5O3. The average Bonchev–Trinajstić information content (AvgIpc) is 2.68. The molecule has 1 aliphatic rings.